The maximum Gasteiger partial charge on any atom is 0.203 e. The molecule has 0 bridgehead atoms. The van der Waals surface area contributed by atoms with E-state index in [1.165, 1.54) is 19.3 Å². The van der Waals surface area contributed by atoms with Gasteiger partial charge in [-0.05, 0) is 13.3 Å². The van der Waals surface area contributed by atoms with Gasteiger partial charge in [0.05, 0.1) is 6.61 Å². The van der Waals surface area contributed by atoms with Crippen LogP contribution < -0.4 is 5.32 Å². The highest BCUT2D eigenvalue weighted by atomic mass is 16.5. The number of ether oxygens (including phenoxy) is 1. The summed E-state index contributed by atoms with van der Waals surface area (Å²) >= 11 is 0. The van der Waals surface area contributed by atoms with Gasteiger partial charge < -0.3 is 14.6 Å². The van der Waals surface area contributed by atoms with E-state index in [2.05, 4.69) is 28.7 Å². The lowest BCUT2D eigenvalue weighted by Gasteiger charge is -2.15. The average molecular weight is 225 g/mol. The molecule has 0 saturated heterocycles. The van der Waals surface area contributed by atoms with Crippen molar-refractivity contribution in [2.24, 2.45) is 0 Å². The molecule has 1 aromatic rings. The van der Waals surface area contributed by atoms with Crippen LogP contribution in [0.25, 0.3) is 0 Å². The number of nitrogens with zero attached hydrogens (tertiary/aromatic N) is 2. The summed E-state index contributed by atoms with van der Waals surface area (Å²) in [5, 5.41) is 3.35. The van der Waals surface area contributed by atoms with Gasteiger partial charge in [0.1, 0.15) is 0 Å². The summed E-state index contributed by atoms with van der Waals surface area (Å²) in [7, 11) is 1.71. The smallest absolute Gasteiger partial charge is 0.203 e. The first-order chi connectivity index (χ1) is 7.77. The second kappa shape index (κ2) is 7.28. The fourth-order valence-electron chi connectivity index (χ4n) is 1.67. The number of rotatable bonds is 8. The van der Waals surface area contributed by atoms with Gasteiger partial charge in [-0.15, -0.1) is 0 Å². The van der Waals surface area contributed by atoms with Crippen molar-refractivity contribution in [1.82, 2.24) is 9.55 Å². The zero-order valence-corrected chi connectivity index (χ0v) is 10.6. The molecule has 0 spiro atoms. The van der Waals surface area contributed by atoms with E-state index >= 15 is 0 Å². The number of hydrogen-bond acceptors (Lipinski definition) is 3. The number of nitrogens with one attached hydrogen (secondary N) is 1. The normalized spacial score (nSPS) is 12.7. The molecule has 0 aliphatic rings. The van der Waals surface area contributed by atoms with Gasteiger partial charge >= 0.3 is 0 Å². The number of imidazole rings is 1. The summed E-state index contributed by atoms with van der Waals surface area (Å²) in [6.45, 7) is 6.04. The molecular formula is C12H23N3O. The molecule has 1 N–H and O–H groups in total. The topological polar surface area (TPSA) is 39.1 Å². The molecule has 0 aliphatic carbocycles. The van der Waals surface area contributed by atoms with Crippen LogP contribution in [0.15, 0.2) is 12.4 Å². The van der Waals surface area contributed by atoms with Gasteiger partial charge in [-0.2, -0.15) is 0 Å². The molecule has 0 amide bonds. The van der Waals surface area contributed by atoms with Gasteiger partial charge in [-0.25, -0.2) is 4.98 Å². The van der Waals surface area contributed by atoms with Crippen molar-refractivity contribution in [3.8, 4) is 0 Å². The van der Waals surface area contributed by atoms with Crippen LogP contribution in [0.2, 0.25) is 0 Å². The number of anilines is 1. The van der Waals surface area contributed by atoms with Gasteiger partial charge in [-0.3, -0.25) is 0 Å². The largest absolute Gasteiger partial charge is 0.383 e. The summed E-state index contributed by atoms with van der Waals surface area (Å²) < 4.78 is 7.26. The van der Waals surface area contributed by atoms with Gasteiger partial charge in [0.2, 0.25) is 5.95 Å². The molecule has 0 aliphatic heterocycles. The van der Waals surface area contributed by atoms with Crippen molar-refractivity contribution in [3.63, 3.8) is 0 Å². The molecule has 16 heavy (non-hydrogen) atoms. The quantitative estimate of drug-likeness (QED) is 0.691. The number of aromatic nitrogens is 2. The lowest BCUT2D eigenvalue weighted by molar-refractivity contribution is 0.190. The fourth-order valence-corrected chi connectivity index (χ4v) is 1.67. The molecule has 4 nitrogen and oxygen atoms in total. The standard InChI is InChI=1S/C12H23N3O/c1-4-5-6-8-15-9-7-13-12(15)14-11(2)10-16-3/h7,9,11H,4-6,8,10H2,1-3H3,(H,13,14). The fraction of sp³-hybridized carbons (Fsp3) is 0.750. The molecule has 1 aromatic heterocycles. The molecule has 0 saturated carbocycles. The van der Waals surface area contributed by atoms with Crippen LogP contribution in [0.4, 0.5) is 5.95 Å². The Labute approximate surface area is 98.0 Å². The minimum Gasteiger partial charge on any atom is -0.383 e. The van der Waals surface area contributed by atoms with Crippen molar-refractivity contribution < 1.29 is 4.74 Å². The number of unbranched alkanes of at least 4 members (excludes halogenated alkanes) is 2. The highest BCUT2D eigenvalue weighted by Gasteiger charge is 2.06. The van der Waals surface area contributed by atoms with E-state index in [0.29, 0.717) is 6.61 Å². The molecule has 1 atom stereocenters. The molecule has 0 aromatic carbocycles. The lowest BCUT2D eigenvalue weighted by Crippen LogP contribution is -2.23. The summed E-state index contributed by atoms with van der Waals surface area (Å²) in [5.74, 6) is 0.945. The zero-order valence-electron chi connectivity index (χ0n) is 10.6. The van der Waals surface area contributed by atoms with Crippen molar-refractivity contribution in [1.29, 1.82) is 0 Å². The lowest BCUT2D eigenvalue weighted by atomic mass is 10.2. The van der Waals surface area contributed by atoms with Crippen LogP contribution >= 0.6 is 0 Å². The Balaban J connectivity index is 2.43. The van der Waals surface area contributed by atoms with Gasteiger partial charge in [0.25, 0.3) is 0 Å². The van der Waals surface area contributed by atoms with Crippen LogP contribution in [0.3, 0.4) is 0 Å². The maximum absolute atomic E-state index is 5.09. The van der Waals surface area contributed by atoms with Crippen molar-refractivity contribution >= 4 is 5.95 Å². The average Bonchev–Trinajstić information content (AvgIpc) is 2.66. The first kappa shape index (κ1) is 13.0. The highest BCUT2D eigenvalue weighted by molar-refractivity contribution is 5.27. The summed E-state index contributed by atoms with van der Waals surface area (Å²) in [6.07, 6.45) is 7.59. The Morgan fingerprint density at radius 1 is 1.50 bits per heavy atom. The number of methoxy groups -OCH3 is 1. The molecule has 4 heteroatoms. The third kappa shape index (κ3) is 4.23. The summed E-state index contributed by atoms with van der Waals surface area (Å²) in [4.78, 5) is 4.31. The van der Waals surface area contributed by atoms with Gasteiger partial charge in [-0.1, -0.05) is 19.8 Å². The zero-order chi connectivity index (χ0) is 11.8. The van der Waals surface area contributed by atoms with E-state index in [9.17, 15) is 0 Å². The predicted octanol–water partition coefficient (Wildman–Crippen LogP) is 2.52. The number of aryl methyl sites for hydroxylation is 1. The first-order valence-corrected chi connectivity index (χ1v) is 6.04. The predicted molar refractivity (Wildman–Crippen MR) is 66.7 cm³/mol. The molecule has 1 unspecified atom stereocenters. The highest BCUT2D eigenvalue weighted by Crippen LogP contribution is 2.08. The minimum absolute atomic E-state index is 0.289. The van der Waals surface area contributed by atoms with Crippen molar-refractivity contribution in [2.75, 3.05) is 19.0 Å². The molecule has 92 valence electrons. The molecular weight excluding hydrogens is 202 g/mol. The van der Waals surface area contributed by atoms with Gasteiger partial charge in [0.15, 0.2) is 0 Å². The number of hydrogen-bond donors (Lipinski definition) is 1. The van der Waals surface area contributed by atoms with E-state index < -0.39 is 0 Å². The van der Waals surface area contributed by atoms with E-state index in [-0.39, 0.29) is 6.04 Å². The van der Waals surface area contributed by atoms with Gasteiger partial charge in [0, 0.05) is 32.1 Å². The Morgan fingerprint density at radius 3 is 3.00 bits per heavy atom. The SMILES string of the molecule is CCCCCn1ccnc1NC(C)COC. The second-order valence-electron chi connectivity index (χ2n) is 4.15. The van der Waals surface area contributed by atoms with E-state index in [1.54, 1.807) is 7.11 Å². The maximum atomic E-state index is 5.09. The Hall–Kier alpha value is -1.03. The second-order valence-corrected chi connectivity index (χ2v) is 4.15. The van der Waals surface area contributed by atoms with Crippen LogP contribution in [0.1, 0.15) is 33.1 Å². The van der Waals surface area contributed by atoms with E-state index in [0.717, 1.165) is 12.5 Å². The van der Waals surface area contributed by atoms with Crippen LogP contribution in [0.5, 0.6) is 0 Å². The third-order valence-electron chi connectivity index (χ3n) is 2.51. The van der Waals surface area contributed by atoms with Crippen molar-refractivity contribution in [2.45, 2.75) is 45.7 Å². The Kier molecular flexibility index (Phi) is 5.93. The van der Waals surface area contributed by atoms with Crippen LogP contribution in [-0.2, 0) is 11.3 Å². The Morgan fingerprint density at radius 2 is 2.31 bits per heavy atom. The summed E-state index contributed by atoms with van der Waals surface area (Å²) in [6, 6.07) is 0.289. The molecule has 0 radical (unpaired) electrons. The van der Waals surface area contributed by atoms with Crippen molar-refractivity contribution in [3.05, 3.63) is 12.4 Å². The van der Waals surface area contributed by atoms with E-state index in [4.69, 9.17) is 4.74 Å². The monoisotopic (exact) mass is 225 g/mol. The molecule has 1 heterocycles. The van der Waals surface area contributed by atoms with E-state index in [1.807, 2.05) is 12.4 Å². The van der Waals surface area contributed by atoms with Crippen LogP contribution in [-0.4, -0.2) is 29.3 Å². The molecule has 1 rings (SSSR count). The Bertz CT molecular complexity index is 286. The third-order valence-corrected chi connectivity index (χ3v) is 2.51. The minimum atomic E-state index is 0.289. The first-order valence-electron chi connectivity index (χ1n) is 6.04. The van der Waals surface area contributed by atoms with Crippen LogP contribution in [0, 0.1) is 0 Å². The summed E-state index contributed by atoms with van der Waals surface area (Å²) in [5.41, 5.74) is 0. The molecule has 0 fully saturated rings.